The number of halogens is 2. The van der Waals surface area contributed by atoms with Crippen LogP contribution in [0.25, 0.3) is 21.8 Å². The number of hydrogen-bond acceptors (Lipinski definition) is 9. The number of aldehydes is 1. The molecule has 2 heterocycles. The minimum atomic E-state index is -1.00. The molecule has 0 unspecified atom stereocenters. The number of aromatic carboxylic acids is 2. The van der Waals surface area contributed by atoms with Gasteiger partial charge in [0.15, 0.2) is 6.29 Å². The summed E-state index contributed by atoms with van der Waals surface area (Å²) in [6.07, 6.45) is 0.736. The molecule has 2 aromatic heterocycles. The molecular weight excluding hydrogens is 803 g/mol. The van der Waals surface area contributed by atoms with Crippen LogP contribution in [0.3, 0.4) is 0 Å². The Morgan fingerprint density at radius 1 is 0.848 bits per heavy atom. The monoisotopic (exact) mass is 827 g/mol. The number of nitrogen functional groups attached to an aromatic ring is 1. The zero-order valence-corrected chi connectivity index (χ0v) is 30.4. The number of anilines is 1. The van der Waals surface area contributed by atoms with Gasteiger partial charge in [-0.05, 0) is 61.0 Å². The largest absolute Gasteiger partial charge is 0.477 e. The van der Waals surface area contributed by atoms with Crippen molar-refractivity contribution in [2.24, 2.45) is 0 Å². The molecule has 5 rings (SSSR count). The van der Waals surface area contributed by atoms with Gasteiger partial charge >= 0.3 is 17.9 Å². The number of pyridine rings is 2. The van der Waals surface area contributed by atoms with Crippen LogP contribution in [-0.2, 0) is 47.0 Å². The third-order valence-electron chi connectivity index (χ3n) is 5.36. The molecule has 0 atom stereocenters. The number of aromatic nitrogens is 2. The number of ketones is 1. The summed E-state index contributed by atoms with van der Waals surface area (Å²) in [6, 6.07) is 25.2. The van der Waals surface area contributed by atoms with E-state index in [9.17, 15) is 24.0 Å². The number of Topliss-reactive ketones (excluding diaryl/α,β-unsaturated/α-hetero) is 1. The Kier molecular flexibility index (Phi) is 17.7. The number of carbonyl (C=O) groups excluding carboxylic acids is 3. The van der Waals surface area contributed by atoms with Crippen LogP contribution in [0.15, 0.2) is 87.8 Å². The number of carboxylic acids is 2. The van der Waals surface area contributed by atoms with Crippen LogP contribution >= 0.6 is 31.9 Å². The van der Waals surface area contributed by atoms with Gasteiger partial charge in [-0.25, -0.2) is 19.4 Å². The molecule has 0 amide bonds. The van der Waals surface area contributed by atoms with E-state index in [0.717, 1.165) is 26.0 Å². The average Bonchev–Trinajstić information content (AvgIpc) is 3.02. The summed E-state index contributed by atoms with van der Waals surface area (Å²) in [4.78, 5) is 59.7. The van der Waals surface area contributed by atoms with Crippen molar-refractivity contribution in [1.82, 2.24) is 9.97 Å². The first kappa shape index (κ1) is 40.1. The van der Waals surface area contributed by atoms with E-state index in [4.69, 9.17) is 15.9 Å². The molecule has 0 spiro atoms. The zero-order chi connectivity index (χ0) is 33.5. The molecule has 4 N–H and O–H groups in total. The predicted molar refractivity (Wildman–Crippen MR) is 175 cm³/mol. The van der Waals surface area contributed by atoms with Gasteiger partial charge in [0.25, 0.3) is 0 Å². The summed E-state index contributed by atoms with van der Waals surface area (Å²) in [7, 11) is 0. The van der Waals surface area contributed by atoms with Gasteiger partial charge in [-0.2, -0.15) is 18.2 Å². The number of carbonyl (C=O) groups is 5. The molecule has 0 aliphatic carbocycles. The molecule has 14 heteroatoms. The normalized spacial score (nSPS) is 9.48. The van der Waals surface area contributed by atoms with Crippen LogP contribution in [0.5, 0.6) is 0 Å². The van der Waals surface area contributed by atoms with Gasteiger partial charge in [0, 0.05) is 65.2 Å². The van der Waals surface area contributed by atoms with Gasteiger partial charge < -0.3 is 20.7 Å². The van der Waals surface area contributed by atoms with Crippen LogP contribution < -0.4 is 5.73 Å². The van der Waals surface area contributed by atoms with Crippen molar-refractivity contribution in [1.29, 1.82) is 0 Å². The van der Waals surface area contributed by atoms with Crippen molar-refractivity contribution in [3.05, 3.63) is 111 Å². The molecule has 0 aliphatic rings. The van der Waals surface area contributed by atoms with E-state index in [0.29, 0.717) is 22.3 Å². The van der Waals surface area contributed by atoms with Gasteiger partial charge in [0.05, 0.1) is 12.1 Å². The molecule has 3 aromatic carbocycles. The number of nitrogens with zero attached hydrogens (tertiary/aromatic N) is 2. The fourth-order valence-corrected chi connectivity index (χ4v) is 3.98. The molecule has 0 aliphatic heterocycles. The molecule has 0 saturated heterocycles. The van der Waals surface area contributed by atoms with Crippen LogP contribution in [0.2, 0.25) is 0 Å². The van der Waals surface area contributed by atoms with Gasteiger partial charge in [0.1, 0.15) is 11.4 Å². The second kappa shape index (κ2) is 20.3. The summed E-state index contributed by atoms with van der Waals surface area (Å²) >= 11 is 6.56. The fraction of sp³-hybridized carbons (Fsp3) is 0.0938. The maximum absolute atomic E-state index is 10.6. The first-order valence-electron chi connectivity index (χ1n) is 12.8. The molecule has 1 radical (unpaired) electrons. The van der Waals surface area contributed by atoms with Crippen LogP contribution in [0, 0.1) is 6.07 Å². The van der Waals surface area contributed by atoms with E-state index in [1.165, 1.54) is 19.1 Å². The third-order valence-corrected chi connectivity index (χ3v) is 6.35. The van der Waals surface area contributed by atoms with Crippen LogP contribution in [0.1, 0.15) is 45.2 Å². The Bertz CT molecular complexity index is 1850. The van der Waals surface area contributed by atoms with Gasteiger partial charge in [-0.3, -0.25) is 14.6 Å². The zero-order valence-electron chi connectivity index (χ0n) is 24.4. The van der Waals surface area contributed by atoms with Crippen molar-refractivity contribution < 1.29 is 71.6 Å². The Balaban J connectivity index is 0.000000312. The Hall–Kier alpha value is -3.91. The third kappa shape index (κ3) is 13.2. The predicted octanol–water partition coefficient (Wildman–Crippen LogP) is 6.41. The van der Waals surface area contributed by atoms with E-state index >= 15 is 0 Å². The molecular formula is C32H26Br2N3O8Y-. The summed E-state index contributed by atoms with van der Waals surface area (Å²) < 4.78 is 6.13. The average molecular weight is 829 g/mol. The molecule has 235 valence electrons. The first-order chi connectivity index (χ1) is 21.4. The quantitative estimate of drug-likeness (QED) is 0.0585. The molecule has 46 heavy (non-hydrogen) atoms. The molecule has 5 aromatic rings. The summed E-state index contributed by atoms with van der Waals surface area (Å²) in [5, 5.41) is 19.2. The van der Waals surface area contributed by atoms with Crippen molar-refractivity contribution in [3.63, 3.8) is 0 Å². The van der Waals surface area contributed by atoms with E-state index in [2.05, 4.69) is 52.6 Å². The molecule has 0 fully saturated rings. The number of fused-ring (bicyclic) bond motifs is 2. The minimum absolute atomic E-state index is 0. The standard InChI is InChI=1S/C10H6BrNO2.C10H6NO2.C7H6BrNO.C5H8O3.Y/c11-7-2-4-8-6(5-7)1-3-9(12-8)10(13)14;12-10(13)9-6-5-7-3-1-2-4-8(7)11-9;8-6-1-2-7(9)5(3-6)4-10;1-3-8-5(7)4(2)6;/h1-5H,(H,13,14);2-6H,(H,12,13);1-4H,9H2;3H2,1-2H3;/q;-1;;;. The van der Waals surface area contributed by atoms with Gasteiger partial charge in [-0.15, -0.1) is 17.5 Å². The molecule has 0 bridgehead atoms. The number of rotatable bonds is 5. The van der Waals surface area contributed by atoms with E-state index in [1.54, 1.807) is 61.5 Å². The smallest absolute Gasteiger partial charge is 0.374 e. The number of carboxylic acid groups (broad SMARTS) is 2. The number of hydrogen-bond donors (Lipinski definition) is 3. The number of benzene rings is 3. The van der Waals surface area contributed by atoms with Crippen LogP contribution in [0.4, 0.5) is 5.69 Å². The topological polar surface area (TPSA) is 187 Å². The van der Waals surface area contributed by atoms with E-state index in [-0.39, 0.29) is 50.7 Å². The Morgan fingerprint density at radius 2 is 1.39 bits per heavy atom. The SMILES string of the molecule is CCOC(=O)C(C)=O.Nc1ccc(Br)cc1C=O.O=C(O)c1ccc2c[c-]ccc2n1.O=C(O)c1ccc2cc(Br)ccc2n1.[Y]. The Morgan fingerprint density at radius 3 is 1.89 bits per heavy atom. The van der Waals surface area contributed by atoms with Gasteiger partial charge in [0.2, 0.25) is 5.78 Å². The van der Waals surface area contributed by atoms with E-state index < -0.39 is 23.7 Å². The van der Waals surface area contributed by atoms with Crippen molar-refractivity contribution >= 4 is 89.3 Å². The van der Waals surface area contributed by atoms with Gasteiger partial charge in [-0.1, -0.05) is 37.9 Å². The van der Waals surface area contributed by atoms with Crippen molar-refractivity contribution in [2.75, 3.05) is 12.3 Å². The maximum Gasteiger partial charge on any atom is 0.374 e. The second-order valence-corrected chi connectivity index (χ2v) is 10.5. The molecule has 11 nitrogen and oxygen atoms in total. The summed E-state index contributed by atoms with van der Waals surface area (Å²) in [6.45, 7) is 3.09. The maximum atomic E-state index is 10.6. The summed E-state index contributed by atoms with van der Waals surface area (Å²) in [5.41, 5.74) is 7.99. The second-order valence-electron chi connectivity index (χ2n) is 8.63. The summed E-state index contributed by atoms with van der Waals surface area (Å²) in [5.74, 6) is -3.32. The first-order valence-corrected chi connectivity index (χ1v) is 14.4. The molecule has 0 saturated carbocycles. The number of esters is 1. The minimum Gasteiger partial charge on any atom is -0.477 e. The van der Waals surface area contributed by atoms with Crippen molar-refractivity contribution in [3.8, 4) is 0 Å². The fourth-order valence-electron chi connectivity index (χ4n) is 3.22. The van der Waals surface area contributed by atoms with Crippen LogP contribution in [-0.4, -0.2) is 56.8 Å². The van der Waals surface area contributed by atoms with Crippen molar-refractivity contribution in [2.45, 2.75) is 13.8 Å². The van der Waals surface area contributed by atoms with E-state index in [1.807, 2.05) is 12.1 Å². The number of ether oxygens (including phenoxy) is 1. The number of nitrogens with two attached hydrogens (primary N) is 1. The Labute approximate surface area is 305 Å².